The number of aromatic nitrogens is 1. The van der Waals surface area contributed by atoms with E-state index in [1.54, 1.807) is 0 Å². The Morgan fingerprint density at radius 1 is 0.351 bits per heavy atom. The van der Waals surface area contributed by atoms with E-state index in [1.165, 1.54) is 121 Å². The fourth-order valence-electron chi connectivity index (χ4n) is 13.7. The highest BCUT2D eigenvalue weighted by Gasteiger charge is 2.52. The van der Waals surface area contributed by atoms with Crippen molar-refractivity contribution in [1.82, 2.24) is 4.57 Å². The van der Waals surface area contributed by atoms with Crippen LogP contribution in [0.1, 0.15) is 33.4 Å². The molecule has 0 fully saturated rings. The molecule has 0 saturated carbocycles. The molecule has 0 N–H and O–H groups in total. The van der Waals surface area contributed by atoms with Crippen molar-refractivity contribution in [3.8, 4) is 50.2 Å². The first kappa shape index (κ1) is 45.5. The van der Waals surface area contributed by atoms with Gasteiger partial charge in [-0.2, -0.15) is 0 Å². The number of hydrogen-bond acceptors (Lipinski definition) is 1. The SMILES string of the molecule is Cc1ccccc1-c1ccc(N(c2ccc3c4ccccc4n(-c4ccccc4)c3c2)c2cc3c(c4ccccc24)-c2ccc(-c4ccc(S(C)(C)C)c5ccccc45)cc2C32c3ccccc3-c3ccccc32)cc1C. The van der Waals surface area contributed by atoms with Gasteiger partial charge in [-0.25, -0.2) is 10.0 Å². The average molecular weight is 1010 g/mol. The molecule has 0 radical (unpaired) electrons. The van der Waals surface area contributed by atoms with E-state index in [0.29, 0.717) is 0 Å². The minimum absolute atomic E-state index is 0.613. The van der Waals surface area contributed by atoms with Crippen molar-refractivity contribution in [1.29, 1.82) is 0 Å². The summed E-state index contributed by atoms with van der Waals surface area (Å²) >= 11 is 0. The fraction of sp³-hybridized carbons (Fsp3) is 0.0811. The van der Waals surface area contributed by atoms with E-state index in [-0.39, 0.29) is 0 Å². The predicted octanol–water partition coefficient (Wildman–Crippen LogP) is 19.9. The van der Waals surface area contributed by atoms with Crippen molar-refractivity contribution < 1.29 is 0 Å². The molecule has 368 valence electrons. The Hall–Kier alpha value is -8.89. The Morgan fingerprint density at radius 2 is 0.909 bits per heavy atom. The Balaban J connectivity index is 1.04. The first-order valence-electron chi connectivity index (χ1n) is 26.8. The molecule has 77 heavy (non-hydrogen) atoms. The molecule has 0 unspecified atom stereocenters. The third kappa shape index (κ3) is 6.63. The van der Waals surface area contributed by atoms with Gasteiger partial charge in [-0.05, 0) is 192 Å². The first-order chi connectivity index (χ1) is 37.7. The van der Waals surface area contributed by atoms with Gasteiger partial charge in [0.05, 0.1) is 22.1 Å². The summed E-state index contributed by atoms with van der Waals surface area (Å²) in [7, 11) is -0.988. The zero-order valence-corrected chi connectivity index (χ0v) is 44.8. The number of aryl methyl sites for hydroxylation is 2. The van der Waals surface area contributed by atoms with Crippen LogP contribution in [0.25, 0.3) is 93.5 Å². The summed E-state index contributed by atoms with van der Waals surface area (Å²) in [6, 6.07) is 94.2. The lowest BCUT2D eigenvalue weighted by molar-refractivity contribution is 0.794. The largest absolute Gasteiger partial charge is 0.310 e. The third-order valence-electron chi connectivity index (χ3n) is 17.0. The zero-order valence-electron chi connectivity index (χ0n) is 44.0. The van der Waals surface area contributed by atoms with Crippen LogP contribution < -0.4 is 4.90 Å². The van der Waals surface area contributed by atoms with Crippen molar-refractivity contribution in [2.24, 2.45) is 0 Å². The number of hydrogen-bond donors (Lipinski definition) is 0. The standard InChI is InChI=1S/C74H56N2S/c1-47-21-9-10-24-53(47)54-39-36-51(43-48(54)2)75(52-37-40-61-59-28-17-20-34-69(59)76(70(61)45-52)50-22-7-6-8-23-50)71-46-68-73(63-31-14-12-29-60(63)71)64-38-35-49(55-41-42-72(77(3,4)5)62-30-13-11-25-56(55)62)44-67(64)74(68)65-32-18-15-26-57(65)58-27-16-19-33-66(58)74/h6-46H,1-5H3. The van der Waals surface area contributed by atoms with E-state index in [1.807, 2.05) is 0 Å². The monoisotopic (exact) mass is 1000 g/mol. The molecule has 15 rings (SSSR count). The Kier molecular flexibility index (Phi) is 10.1. The molecule has 1 aromatic heterocycles. The number of para-hydroxylation sites is 2. The van der Waals surface area contributed by atoms with Crippen molar-refractivity contribution in [3.05, 3.63) is 282 Å². The average Bonchev–Trinajstić information content (AvgIpc) is 3.90. The minimum atomic E-state index is -0.988. The zero-order chi connectivity index (χ0) is 51.7. The molecular formula is C74H56N2S. The fourth-order valence-corrected chi connectivity index (χ4v) is 15.0. The maximum absolute atomic E-state index is 2.59. The van der Waals surface area contributed by atoms with E-state index < -0.39 is 15.4 Å². The molecule has 2 nitrogen and oxygen atoms in total. The first-order valence-corrected chi connectivity index (χ1v) is 29.7. The highest BCUT2D eigenvalue weighted by atomic mass is 32.3. The second-order valence-corrected chi connectivity index (χ2v) is 26.1. The Labute approximate surface area is 452 Å². The van der Waals surface area contributed by atoms with Crippen LogP contribution in [0, 0.1) is 13.8 Å². The van der Waals surface area contributed by atoms with Gasteiger partial charge in [0.2, 0.25) is 0 Å². The molecule has 0 aliphatic heterocycles. The Morgan fingerprint density at radius 3 is 1.64 bits per heavy atom. The molecule has 1 spiro atoms. The molecule has 2 aliphatic rings. The molecule has 12 aromatic carbocycles. The normalized spacial score (nSPS) is 13.3. The van der Waals surface area contributed by atoms with Gasteiger partial charge in [-0.15, -0.1) is 0 Å². The molecule has 0 atom stereocenters. The van der Waals surface area contributed by atoms with Crippen LogP contribution in [0.15, 0.2) is 254 Å². The number of nitrogens with zero attached hydrogens (tertiary/aromatic N) is 2. The van der Waals surface area contributed by atoms with Crippen molar-refractivity contribution in [2.75, 3.05) is 23.7 Å². The minimum Gasteiger partial charge on any atom is -0.310 e. The third-order valence-corrected chi connectivity index (χ3v) is 18.7. The summed E-state index contributed by atoms with van der Waals surface area (Å²) < 4.78 is 2.44. The summed E-state index contributed by atoms with van der Waals surface area (Å²) in [5.74, 6) is 0. The van der Waals surface area contributed by atoms with Gasteiger partial charge in [-0.3, -0.25) is 0 Å². The lowest BCUT2D eigenvalue weighted by Crippen LogP contribution is -2.26. The maximum Gasteiger partial charge on any atom is 0.0726 e. The summed E-state index contributed by atoms with van der Waals surface area (Å²) in [5.41, 5.74) is 24.2. The Bertz CT molecular complexity index is 4540. The van der Waals surface area contributed by atoms with Crippen molar-refractivity contribution >= 4 is 70.4 Å². The van der Waals surface area contributed by atoms with Gasteiger partial charge in [0.1, 0.15) is 0 Å². The summed E-state index contributed by atoms with van der Waals surface area (Å²) in [5, 5.41) is 7.57. The van der Waals surface area contributed by atoms with Gasteiger partial charge < -0.3 is 9.47 Å². The van der Waals surface area contributed by atoms with Crippen LogP contribution in [0.2, 0.25) is 0 Å². The number of rotatable bonds is 7. The molecule has 0 amide bonds. The van der Waals surface area contributed by atoms with E-state index in [9.17, 15) is 0 Å². The van der Waals surface area contributed by atoms with Gasteiger partial charge in [0.15, 0.2) is 0 Å². The maximum atomic E-state index is 2.59. The molecule has 1 heterocycles. The summed E-state index contributed by atoms with van der Waals surface area (Å²) in [6.45, 7) is 4.49. The topological polar surface area (TPSA) is 8.17 Å². The molecule has 0 saturated heterocycles. The van der Waals surface area contributed by atoms with Crippen LogP contribution >= 0.6 is 10.0 Å². The second-order valence-electron chi connectivity index (χ2n) is 22.0. The molecule has 2 aliphatic carbocycles. The van der Waals surface area contributed by atoms with Gasteiger partial charge in [0, 0.05) is 33.2 Å². The number of anilines is 3. The number of fused-ring (bicyclic) bond motifs is 16. The van der Waals surface area contributed by atoms with Crippen LogP contribution in [-0.2, 0) is 5.41 Å². The van der Waals surface area contributed by atoms with E-state index >= 15 is 0 Å². The van der Waals surface area contributed by atoms with Gasteiger partial charge in [0.25, 0.3) is 0 Å². The quantitative estimate of drug-likeness (QED) is 0.154. The van der Waals surface area contributed by atoms with E-state index in [2.05, 4.69) is 291 Å². The van der Waals surface area contributed by atoms with Gasteiger partial charge >= 0.3 is 0 Å². The van der Waals surface area contributed by atoms with Crippen molar-refractivity contribution in [3.63, 3.8) is 0 Å². The second kappa shape index (κ2) is 17.1. The molecule has 13 aromatic rings. The van der Waals surface area contributed by atoms with Crippen LogP contribution in [0.3, 0.4) is 0 Å². The number of benzene rings is 12. The lowest BCUT2D eigenvalue weighted by Gasteiger charge is -2.33. The van der Waals surface area contributed by atoms with Crippen LogP contribution in [0.4, 0.5) is 17.1 Å². The predicted molar refractivity (Wildman–Crippen MR) is 331 cm³/mol. The van der Waals surface area contributed by atoms with Crippen LogP contribution in [0.5, 0.6) is 0 Å². The van der Waals surface area contributed by atoms with Gasteiger partial charge in [-0.1, -0.05) is 188 Å². The highest BCUT2D eigenvalue weighted by Crippen LogP contribution is 2.65. The lowest BCUT2D eigenvalue weighted by atomic mass is 9.70. The highest BCUT2D eigenvalue weighted by molar-refractivity contribution is 8.32. The molecule has 0 bridgehead atoms. The van der Waals surface area contributed by atoms with E-state index in [0.717, 1.165) is 28.3 Å². The summed E-state index contributed by atoms with van der Waals surface area (Å²) in [4.78, 5) is 4.01. The molecule has 3 heteroatoms. The van der Waals surface area contributed by atoms with E-state index in [4.69, 9.17) is 0 Å². The van der Waals surface area contributed by atoms with Crippen molar-refractivity contribution in [2.45, 2.75) is 24.2 Å². The summed E-state index contributed by atoms with van der Waals surface area (Å²) in [6.07, 6.45) is 7.22. The molecular weight excluding hydrogens is 949 g/mol. The van der Waals surface area contributed by atoms with Crippen LogP contribution in [-0.4, -0.2) is 23.3 Å². The smallest absolute Gasteiger partial charge is 0.0726 e.